The van der Waals surface area contributed by atoms with Crippen LogP contribution in [-0.4, -0.2) is 30.0 Å². The molecule has 1 aliphatic rings. The normalized spacial score (nSPS) is 17.3. The standard InChI is InChI=1S/C29H29FN2O/c1-18-5-11-25-22(13-18)15-31-16-27(25)21-8-12-26-23(14-21)17-33-29(26)28(32(3)4)19(2)20-6-9-24(30)10-7-20/h5-16,19,28-29H,17H2,1-4H3. The molecule has 33 heavy (non-hydrogen) atoms. The van der Waals surface area contributed by atoms with Crippen LogP contribution < -0.4 is 0 Å². The summed E-state index contributed by atoms with van der Waals surface area (Å²) in [4.78, 5) is 6.71. The second-order valence-electron chi connectivity index (χ2n) is 9.35. The van der Waals surface area contributed by atoms with Gasteiger partial charge in [0.1, 0.15) is 5.82 Å². The van der Waals surface area contributed by atoms with Crippen molar-refractivity contribution in [2.75, 3.05) is 14.1 Å². The van der Waals surface area contributed by atoms with E-state index in [1.807, 2.05) is 24.5 Å². The highest BCUT2D eigenvalue weighted by Crippen LogP contribution is 2.42. The maximum Gasteiger partial charge on any atom is 0.123 e. The number of halogens is 1. The Labute approximate surface area is 194 Å². The summed E-state index contributed by atoms with van der Waals surface area (Å²) in [6, 6.07) is 20.1. The van der Waals surface area contributed by atoms with Crippen LogP contribution in [0, 0.1) is 12.7 Å². The van der Waals surface area contributed by atoms with Gasteiger partial charge in [-0.1, -0.05) is 48.9 Å². The summed E-state index contributed by atoms with van der Waals surface area (Å²) >= 11 is 0. The fraction of sp³-hybridized carbons (Fsp3) is 0.276. The van der Waals surface area contributed by atoms with E-state index in [2.05, 4.69) is 74.2 Å². The molecule has 0 amide bonds. The van der Waals surface area contributed by atoms with E-state index in [0.717, 1.165) is 22.1 Å². The summed E-state index contributed by atoms with van der Waals surface area (Å²) in [5.74, 6) is -0.0258. The fourth-order valence-electron chi connectivity index (χ4n) is 5.20. The summed E-state index contributed by atoms with van der Waals surface area (Å²) in [7, 11) is 4.17. The van der Waals surface area contributed by atoms with Gasteiger partial charge in [-0.05, 0) is 78.8 Å². The summed E-state index contributed by atoms with van der Waals surface area (Å²) in [5.41, 5.74) is 7.10. The molecule has 3 atom stereocenters. The number of fused-ring (bicyclic) bond motifs is 2. The monoisotopic (exact) mass is 440 g/mol. The summed E-state index contributed by atoms with van der Waals surface area (Å²) < 4.78 is 19.8. The van der Waals surface area contributed by atoms with Crippen LogP contribution in [0.5, 0.6) is 0 Å². The fourth-order valence-corrected chi connectivity index (χ4v) is 5.20. The number of hydrogen-bond acceptors (Lipinski definition) is 3. The second-order valence-corrected chi connectivity index (χ2v) is 9.35. The third-order valence-electron chi connectivity index (χ3n) is 6.91. The van der Waals surface area contributed by atoms with Gasteiger partial charge in [-0.25, -0.2) is 4.39 Å². The molecule has 2 heterocycles. The molecule has 0 fully saturated rings. The van der Waals surface area contributed by atoms with Crippen molar-refractivity contribution < 1.29 is 9.13 Å². The third-order valence-corrected chi connectivity index (χ3v) is 6.91. The van der Waals surface area contributed by atoms with Crippen molar-refractivity contribution in [2.24, 2.45) is 0 Å². The maximum absolute atomic E-state index is 13.5. The highest BCUT2D eigenvalue weighted by molar-refractivity contribution is 5.96. The number of hydrogen-bond donors (Lipinski definition) is 0. The Bertz CT molecular complexity index is 1300. The molecule has 0 saturated carbocycles. The first-order chi connectivity index (χ1) is 15.9. The van der Waals surface area contributed by atoms with Gasteiger partial charge < -0.3 is 9.64 Å². The average molecular weight is 441 g/mol. The Morgan fingerprint density at radius 2 is 1.79 bits per heavy atom. The second kappa shape index (κ2) is 8.69. The van der Waals surface area contributed by atoms with Gasteiger partial charge in [0.05, 0.1) is 12.7 Å². The minimum Gasteiger partial charge on any atom is -0.367 e. The van der Waals surface area contributed by atoms with Crippen molar-refractivity contribution in [2.45, 2.75) is 38.5 Å². The Balaban J connectivity index is 1.50. The van der Waals surface area contributed by atoms with Crippen molar-refractivity contribution in [3.8, 4) is 11.1 Å². The van der Waals surface area contributed by atoms with Crippen molar-refractivity contribution in [3.63, 3.8) is 0 Å². The topological polar surface area (TPSA) is 25.4 Å². The van der Waals surface area contributed by atoms with Gasteiger partial charge in [-0.2, -0.15) is 0 Å². The quantitative estimate of drug-likeness (QED) is 0.347. The molecule has 4 aromatic rings. The molecule has 0 radical (unpaired) electrons. The minimum absolute atomic E-state index is 0.0441. The van der Waals surface area contributed by atoms with E-state index in [4.69, 9.17) is 4.74 Å². The molecule has 0 aliphatic carbocycles. The number of benzene rings is 3. The summed E-state index contributed by atoms with van der Waals surface area (Å²) in [6.07, 6.45) is 3.83. The van der Waals surface area contributed by atoms with E-state index in [1.54, 1.807) is 0 Å². The zero-order chi connectivity index (χ0) is 23.1. The van der Waals surface area contributed by atoms with Crippen molar-refractivity contribution in [1.82, 2.24) is 9.88 Å². The van der Waals surface area contributed by atoms with E-state index in [1.165, 1.54) is 34.2 Å². The van der Waals surface area contributed by atoms with Gasteiger partial charge in [-0.15, -0.1) is 0 Å². The molecule has 1 aliphatic heterocycles. The van der Waals surface area contributed by atoms with E-state index in [9.17, 15) is 4.39 Å². The van der Waals surface area contributed by atoms with Crippen LogP contribution in [0.4, 0.5) is 4.39 Å². The van der Waals surface area contributed by atoms with Crippen LogP contribution >= 0.6 is 0 Å². The Morgan fingerprint density at radius 3 is 2.55 bits per heavy atom. The number of nitrogens with zero attached hydrogens (tertiary/aromatic N) is 2. The van der Waals surface area contributed by atoms with Gasteiger partial charge in [-0.3, -0.25) is 4.98 Å². The predicted octanol–water partition coefficient (Wildman–Crippen LogP) is 6.65. The number of aromatic nitrogens is 1. The molecular weight excluding hydrogens is 411 g/mol. The van der Waals surface area contributed by atoms with Crippen molar-refractivity contribution in [3.05, 3.63) is 101 Å². The highest BCUT2D eigenvalue weighted by atomic mass is 19.1. The lowest BCUT2D eigenvalue weighted by molar-refractivity contribution is -0.0000191. The lowest BCUT2D eigenvalue weighted by Crippen LogP contribution is -2.38. The molecule has 3 aromatic carbocycles. The Morgan fingerprint density at radius 1 is 1.00 bits per heavy atom. The van der Waals surface area contributed by atoms with Crippen molar-refractivity contribution in [1.29, 1.82) is 0 Å². The molecule has 3 unspecified atom stereocenters. The average Bonchev–Trinajstić information content (AvgIpc) is 3.21. The number of ether oxygens (including phenoxy) is 1. The molecule has 5 rings (SSSR count). The predicted molar refractivity (Wildman–Crippen MR) is 132 cm³/mol. The molecule has 0 bridgehead atoms. The highest BCUT2D eigenvalue weighted by Gasteiger charge is 2.36. The zero-order valence-electron chi connectivity index (χ0n) is 19.5. The number of rotatable bonds is 5. The molecule has 1 aromatic heterocycles. The summed E-state index contributed by atoms with van der Waals surface area (Å²) in [6.45, 7) is 4.89. The molecule has 3 nitrogen and oxygen atoms in total. The van der Waals surface area contributed by atoms with Crippen LogP contribution in [0.25, 0.3) is 21.9 Å². The number of likely N-dealkylation sites (N-methyl/N-ethyl adjacent to an activating group) is 1. The largest absolute Gasteiger partial charge is 0.367 e. The smallest absolute Gasteiger partial charge is 0.123 e. The molecule has 0 N–H and O–H groups in total. The van der Waals surface area contributed by atoms with Crippen LogP contribution in [0.2, 0.25) is 0 Å². The molecule has 168 valence electrons. The first kappa shape index (κ1) is 21.7. The van der Waals surface area contributed by atoms with Crippen LogP contribution in [0.1, 0.15) is 41.2 Å². The minimum atomic E-state index is -0.208. The first-order valence-electron chi connectivity index (χ1n) is 11.4. The Hall–Kier alpha value is -3.08. The van der Waals surface area contributed by atoms with Gasteiger partial charge in [0.15, 0.2) is 0 Å². The van der Waals surface area contributed by atoms with Gasteiger partial charge in [0.2, 0.25) is 0 Å². The lowest BCUT2D eigenvalue weighted by atomic mass is 9.85. The van der Waals surface area contributed by atoms with Gasteiger partial charge in [0, 0.05) is 29.4 Å². The Kier molecular flexibility index (Phi) is 5.73. The molecule has 0 spiro atoms. The van der Waals surface area contributed by atoms with E-state index >= 15 is 0 Å². The first-order valence-corrected chi connectivity index (χ1v) is 11.4. The molecular formula is C29H29FN2O. The van der Waals surface area contributed by atoms with E-state index in [-0.39, 0.29) is 23.9 Å². The molecule has 4 heteroatoms. The zero-order valence-corrected chi connectivity index (χ0v) is 19.5. The van der Waals surface area contributed by atoms with E-state index < -0.39 is 0 Å². The number of pyridine rings is 1. The van der Waals surface area contributed by atoms with Crippen LogP contribution in [-0.2, 0) is 11.3 Å². The third kappa shape index (κ3) is 4.05. The SMILES string of the molecule is Cc1ccc2c(-c3ccc4c(c3)COC4C(C(C)c3ccc(F)cc3)N(C)C)cncc2c1. The number of aryl methyl sites for hydroxylation is 1. The summed E-state index contributed by atoms with van der Waals surface area (Å²) in [5, 5.41) is 2.37. The molecule has 0 saturated heterocycles. The van der Waals surface area contributed by atoms with E-state index in [0.29, 0.717) is 6.61 Å². The van der Waals surface area contributed by atoms with Crippen molar-refractivity contribution >= 4 is 10.8 Å². The van der Waals surface area contributed by atoms with Gasteiger partial charge in [0.25, 0.3) is 0 Å². The maximum atomic E-state index is 13.5. The lowest BCUT2D eigenvalue weighted by Gasteiger charge is -2.35. The van der Waals surface area contributed by atoms with Crippen LogP contribution in [0.15, 0.2) is 73.1 Å². The van der Waals surface area contributed by atoms with Gasteiger partial charge >= 0.3 is 0 Å². The van der Waals surface area contributed by atoms with Crippen LogP contribution in [0.3, 0.4) is 0 Å².